The Morgan fingerprint density at radius 1 is 1.18 bits per heavy atom. The molecule has 6 heteroatoms. The average Bonchev–Trinajstić information content (AvgIpc) is 2.73. The highest BCUT2D eigenvalue weighted by atomic mass is 32.2. The summed E-state index contributed by atoms with van der Waals surface area (Å²) in [6, 6.07) is 3.91. The Balaban J connectivity index is 1.88. The molecule has 0 saturated carbocycles. The lowest BCUT2D eigenvalue weighted by Crippen LogP contribution is -2.04. The van der Waals surface area contributed by atoms with Gasteiger partial charge in [-0.2, -0.15) is 8.42 Å². The van der Waals surface area contributed by atoms with E-state index in [2.05, 4.69) is 4.18 Å². The summed E-state index contributed by atoms with van der Waals surface area (Å²) in [7, 11) is -3.27. The van der Waals surface area contributed by atoms with Crippen LogP contribution in [0.15, 0.2) is 17.5 Å². The fraction of sp³-hybridized carbons (Fsp3) is 0.636. The molecule has 4 nitrogen and oxygen atoms in total. The first-order valence-corrected chi connectivity index (χ1v) is 8.28. The molecular formula is C11H18O4S2. The van der Waals surface area contributed by atoms with Crippen LogP contribution in [0.2, 0.25) is 0 Å². The minimum Gasteiger partial charge on any atom is -0.484 e. The van der Waals surface area contributed by atoms with Gasteiger partial charge in [-0.05, 0) is 36.8 Å². The largest absolute Gasteiger partial charge is 0.484 e. The van der Waals surface area contributed by atoms with Crippen molar-refractivity contribution in [2.75, 3.05) is 19.5 Å². The summed E-state index contributed by atoms with van der Waals surface area (Å²) in [5.41, 5.74) is 0. The summed E-state index contributed by atoms with van der Waals surface area (Å²) in [6.45, 7) is 0.998. The van der Waals surface area contributed by atoms with Crippen LogP contribution in [0.1, 0.15) is 25.7 Å². The molecule has 0 unspecified atom stereocenters. The van der Waals surface area contributed by atoms with Gasteiger partial charge in [0.1, 0.15) is 0 Å². The van der Waals surface area contributed by atoms with Gasteiger partial charge in [0.15, 0.2) is 5.06 Å². The maximum Gasteiger partial charge on any atom is 0.264 e. The zero-order chi connectivity index (χ0) is 12.6. The zero-order valence-corrected chi connectivity index (χ0v) is 11.6. The van der Waals surface area contributed by atoms with Gasteiger partial charge in [-0.15, -0.1) is 11.3 Å². The lowest BCUT2D eigenvalue weighted by molar-refractivity contribution is 0.294. The van der Waals surface area contributed by atoms with E-state index in [1.807, 2.05) is 17.5 Å². The fourth-order valence-corrected chi connectivity index (χ4v) is 2.31. The molecule has 0 amide bonds. The molecule has 0 aliphatic rings. The van der Waals surface area contributed by atoms with Crippen LogP contribution in [0.25, 0.3) is 0 Å². The number of thiophene rings is 1. The van der Waals surface area contributed by atoms with Gasteiger partial charge in [-0.25, -0.2) is 0 Å². The average molecular weight is 278 g/mol. The second kappa shape index (κ2) is 7.68. The molecule has 0 spiro atoms. The molecule has 0 fully saturated rings. The standard InChI is InChI=1S/C11H18O4S2/c1-17(12,13)15-9-5-3-2-4-8-14-11-7-6-10-16-11/h6-7,10H,2-5,8-9H2,1H3. The van der Waals surface area contributed by atoms with Crippen LogP contribution in [-0.4, -0.2) is 27.9 Å². The Kier molecular flexibility index (Phi) is 6.54. The van der Waals surface area contributed by atoms with Crippen LogP contribution in [-0.2, 0) is 14.3 Å². The van der Waals surface area contributed by atoms with Crippen LogP contribution in [0.3, 0.4) is 0 Å². The van der Waals surface area contributed by atoms with Crippen molar-refractivity contribution in [1.29, 1.82) is 0 Å². The smallest absolute Gasteiger partial charge is 0.264 e. The zero-order valence-electron chi connectivity index (χ0n) is 9.92. The minimum absolute atomic E-state index is 0.282. The van der Waals surface area contributed by atoms with E-state index < -0.39 is 10.1 Å². The molecule has 1 heterocycles. The molecule has 0 saturated heterocycles. The van der Waals surface area contributed by atoms with Gasteiger partial charge in [0.05, 0.1) is 19.5 Å². The second-order valence-corrected chi connectivity index (χ2v) is 6.28. The Hall–Kier alpha value is -0.590. The molecule has 17 heavy (non-hydrogen) atoms. The summed E-state index contributed by atoms with van der Waals surface area (Å²) in [5, 5.41) is 2.93. The number of rotatable bonds is 9. The molecule has 1 rings (SSSR count). The van der Waals surface area contributed by atoms with Crippen LogP contribution in [0, 0.1) is 0 Å². The first-order chi connectivity index (χ1) is 8.08. The van der Waals surface area contributed by atoms with Crippen LogP contribution in [0.4, 0.5) is 0 Å². The minimum atomic E-state index is -3.27. The van der Waals surface area contributed by atoms with Crippen molar-refractivity contribution in [1.82, 2.24) is 0 Å². The second-order valence-electron chi connectivity index (χ2n) is 3.72. The summed E-state index contributed by atoms with van der Waals surface area (Å²) < 4.78 is 31.4. The van der Waals surface area contributed by atoms with E-state index in [0.717, 1.165) is 37.0 Å². The van der Waals surface area contributed by atoms with Crippen molar-refractivity contribution in [2.24, 2.45) is 0 Å². The normalized spacial score (nSPS) is 11.6. The van der Waals surface area contributed by atoms with Crippen molar-refractivity contribution >= 4 is 21.5 Å². The molecule has 0 aliphatic heterocycles. The Morgan fingerprint density at radius 2 is 1.88 bits per heavy atom. The summed E-state index contributed by atoms with van der Waals surface area (Å²) in [5.74, 6) is 0. The number of hydrogen-bond acceptors (Lipinski definition) is 5. The van der Waals surface area contributed by atoms with E-state index in [4.69, 9.17) is 4.74 Å². The first-order valence-electron chi connectivity index (χ1n) is 5.58. The van der Waals surface area contributed by atoms with Crippen molar-refractivity contribution in [3.8, 4) is 5.06 Å². The van der Waals surface area contributed by atoms with E-state index in [1.165, 1.54) is 0 Å². The van der Waals surface area contributed by atoms with Gasteiger partial charge < -0.3 is 4.74 Å². The molecule has 1 aromatic rings. The molecule has 98 valence electrons. The Bertz CT molecular complexity index is 384. The Labute approximate surface area is 107 Å². The lowest BCUT2D eigenvalue weighted by Gasteiger charge is -2.03. The number of unbranched alkanes of at least 4 members (excludes halogenated alkanes) is 3. The summed E-state index contributed by atoms with van der Waals surface area (Å²) in [6.07, 6.45) is 4.81. The van der Waals surface area contributed by atoms with Crippen LogP contribution >= 0.6 is 11.3 Å². The number of ether oxygens (including phenoxy) is 1. The van der Waals surface area contributed by atoms with Crippen LogP contribution in [0.5, 0.6) is 5.06 Å². The van der Waals surface area contributed by atoms with Crippen molar-refractivity contribution in [2.45, 2.75) is 25.7 Å². The highest BCUT2D eigenvalue weighted by molar-refractivity contribution is 7.85. The van der Waals surface area contributed by atoms with E-state index in [0.29, 0.717) is 6.61 Å². The van der Waals surface area contributed by atoms with E-state index in [9.17, 15) is 8.42 Å². The molecule has 0 aliphatic carbocycles. The third-order valence-corrected chi connectivity index (χ3v) is 3.45. The number of hydrogen-bond donors (Lipinski definition) is 0. The predicted molar refractivity (Wildman–Crippen MR) is 69.1 cm³/mol. The molecule has 0 radical (unpaired) electrons. The predicted octanol–water partition coefficient (Wildman–Crippen LogP) is 2.66. The fourth-order valence-electron chi connectivity index (χ4n) is 1.29. The van der Waals surface area contributed by atoms with Crippen molar-refractivity contribution in [3.05, 3.63) is 17.5 Å². The van der Waals surface area contributed by atoms with E-state index in [-0.39, 0.29) is 6.61 Å². The maximum absolute atomic E-state index is 10.7. The van der Waals surface area contributed by atoms with E-state index in [1.54, 1.807) is 11.3 Å². The van der Waals surface area contributed by atoms with E-state index >= 15 is 0 Å². The summed E-state index contributed by atoms with van der Waals surface area (Å²) in [4.78, 5) is 0. The Morgan fingerprint density at radius 3 is 2.47 bits per heavy atom. The van der Waals surface area contributed by atoms with Gasteiger partial charge in [-0.3, -0.25) is 4.18 Å². The third-order valence-electron chi connectivity index (χ3n) is 2.08. The molecule has 0 aromatic carbocycles. The SMILES string of the molecule is CS(=O)(=O)OCCCCCCOc1cccs1. The van der Waals surface area contributed by atoms with Gasteiger partial charge >= 0.3 is 0 Å². The highest BCUT2D eigenvalue weighted by Crippen LogP contribution is 2.18. The molecule has 0 N–H and O–H groups in total. The monoisotopic (exact) mass is 278 g/mol. The van der Waals surface area contributed by atoms with Gasteiger partial charge in [0.25, 0.3) is 10.1 Å². The quantitative estimate of drug-likeness (QED) is 0.515. The van der Waals surface area contributed by atoms with Crippen LogP contribution < -0.4 is 4.74 Å². The highest BCUT2D eigenvalue weighted by Gasteiger charge is 2.00. The molecule has 0 atom stereocenters. The molecule has 1 aromatic heterocycles. The van der Waals surface area contributed by atoms with Gasteiger partial charge in [-0.1, -0.05) is 6.42 Å². The van der Waals surface area contributed by atoms with Gasteiger partial charge in [0.2, 0.25) is 0 Å². The third kappa shape index (κ3) is 8.18. The van der Waals surface area contributed by atoms with Gasteiger partial charge in [0, 0.05) is 0 Å². The first kappa shape index (κ1) is 14.5. The lowest BCUT2D eigenvalue weighted by atomic mass is 10.2. The van der Waals surface area contributed by atoms with Crippen molar-refractivity contribution in [3.63, 3.8) is 0 Å². The topological polar surface area (TPSA) is 52.6 Å². The summed E-state index contributed by atoms with van der Waals surface area (Å²) >= 11 is 1.59. The molecule has 0 bridgehead atoms. The maximum atomic E-state index is 10.7. The van der Waals surface area contributed by atoms with Crippen molar-refractivity contribution < 1.29 is 17.3 Å². The molecular weight excluding hydrogens is 260 g/mol.